The summed E-state index contributed by atoms with van der Waals surface area (Å²) in [4.78, 5) is 30.9. The van der Waals surface area contributed by atoms with E-state index in [4.69, 9.17) is 11.6 Å². The van der Waals surface area contributed by atoms with Crippen molar-refractivity contribution in [2.45, 2.75) is 6.54 Å². The first-order chi connectivity index (χ1) is 12.5. The number of nitro benzene ring substituents is 1. The molecule has 1 amide bonds. The second kappa shape index (κ2) is 7.71. The van der Waals surface area contributed by atoms with E-state index in [-0.39, 0.29) is 22.8 Å². The SMILES string of the molecule is O=C(NCc1cc(-c2ccccc2)ncn1)c1ccc(Cl)c([N+](=O)[O-])c1. The lowest BCUT2D eigenvalue weighted by atomic mass is 10.1. The standard InChI is InChI=1S/C18H13ClN4O3/c19-15-7-6-13(8-17(15)23(25)26)18(24)20-10-14-9-16(22-11-21-14)12-4-2-1-3-5-12/h1-9,11H,10H2,(H,20,24). The first-order valence-corrected chi connectivity index (χ1v) is 8.01. The minimum absolute atomic E-state index is 0.0187. The highest BCUT2D eigenvalue weighted by Gasteiger charge is 2.16. The van der Waals surface area contributed by atoms with E-state index < -0.39 is 10.8 Å². The third kappa shape index (κ3) is 4.01. The van der Waals surface area contributed by atoms with Gasteiger partial charge in [-0.15, -0.1) is 0 Å². The number of benzene rings is 2. The van der Waals surface area contributed by atoms with Crippen LogP contribution in [0.3, 0.4) is 0 Å². The van der Waals surface area contributed by atoms with Crippen LogP contribution < -0.4 is 5.32 Å². The molecule has 0 fully saturated rings. The maximum absolute atomic E-state index is 12.2. The monoisotopic (exact) mass is 368 g/mol. The van der Waals surface area contributed by atoms with Crippen molar-refractivity contribution in [1.29, 1.82) is 0 Å². The Kier molecular flexibility index (Phi) is 5.19. The summed E-state index contributed by atoms with van der Waals surface area (Å²) in [5.74, 6) is -0.454. The van der Waals surface area contributed by atoms with Crippen LogP contribution in [0.15, 0.2) is 60.9 Å². The van der Waals surface area contributed by atoms with Gasteiger partial charge in [0, 0.05) is 17.2 Å². The van der Waals surface area contributed by atoms with Crippen LogP contribution in [-0.2, 0) is 6.54 Å². The summed E-state index contributed by atoms with van der Waals surface area (Å²) in [5, 5.41) is 13.6. The minimum atomic E-state index is -0.629. The zero-order chi connectivity index (χ0) is 18.5. The van der Waals surface area contributed by atoms with E-state index in [9.17, 15) is 14.9 Å². The number of nitrogens with one attached hydrogen (secondary N) is 1. The molecule has 0 aliphatic heterocycles. The fraction of sp³-hybridized carbons (Fsp3) is 0.0556. The van der Waals surface area contributed by atoms with Gasteiger partial charge in [0.1, 0.15) is 11.3 Å². The van der Waals surface area contributed by atoms with Gasteiger partial charge in [0.15, 0.2) is 0 Å². The smallest absolute Gasteiger partial charge is 0.288 e. The van der Waals surface area contributed by atoms with Crippen molar-refractivity contribution >= 4 is 23.2 Å². The molecule has 0 atom stereocenters. The molecule has 26 heavy (non-hydrogen) atoms. The van der Waals surface area contributed by atoms with Crippen molar-refractivity contribution < 1.29 is 9.72 Å². The first kappa shape index (κ1) is 17.5. The zero-order valence-corrected chi connectivity index (χ0v) is 14.2. The van der Waals surface area contributed by atoms with Crippen molar-refractivity contribution in [1.82, 2.24) is 15.3 Å². The van der Waals surface area contributed by atoms with E-state index in [1.807, 2.05) is 30.3 Å². The van der Waals surface area contributed by atoms with Crippen LogP contribution in [0.25, 0.3) is 11.3 Å². The van der Waals surface area contributed by atoms with Gasteiger partial charge in [-0.2, -0.15) is 0 Å². The largest absolute Gasteiger partial charge is 0.346 e. The maximum atomic E-state index is 12.2. The van der Waals surface area contributed by atoms with Gasteiger partial charge in [-0.3, -0.25) is 14.9 Å². The molecule has 8 heteroatoms. The normalized spacial score (nSPS) is 10.3. The van der Waals surface area contributed by atoms with E-state index >= 15 is 0 Å². The van der Waals surface area contributed by atoms with E-state index in [0.29, 0.717) is 5.69 Å². The number of aromatic nitrogens is 2. The van der Waals surface area contributed by atoms with Gasteiger partial charge in [0.25, 0.3) is 11.6 Å². The van der Waals surface area contributed by atoms with E-state index in [2.05, 4.69) is 15.3 Å². The molecule has 7 nitrogen and oxygen atoms in total. The Morgan fingerprint density at radius 3 is 2.62 bits per heavy atom. The second-order valence-corrected chi connectivity index (χ2v) is 5.77. The summed E-state index contributed by atoms with van der Waals surface area (Å²) in [6.45, 7) is 0.164. The average Bonchev–Trinajstić information content (AvgIpc) is 2.67. The highest BCUT2D eigenvalue weighted by atomic mass is 35.5. The Morgan fingerprint density at radius 2 is 1.88 bits per heavy atom. The molecule has 130 valence electrons. The maximum Gasteiger partial charge on any atom is 0.288 e. The van der Waals surface area contributed by atoms with E-state index in [1.54, 1.807) is 6.07 Å². The number of rotatable bonds is 5. The minimum Gasteiger partial charge on any atom is -0.346 e. The fourth-order valence-corrected chi connectivity index (χ4v) is 2.51. The van der Waals surface area contributed by atoms with Crippen molar-refractivity contribution in [2.24, 2.45) is 0 Å². The molecule has 0 aliphatic carbocycles. The van der Waals surface area contributed by atoms with Gasteiger partial charge in [0.05, 0.1) is 22.9 Å². The number of nitrogens with zero attached hydrogens (tertiary/aromatic N) is 3. The summed E-state index contributed by atoms with van der Waals surface area (Å²) in [7, 11) is 0. The summed E-state index contributed by atoms with van der Waals surface area (Å²) >= 11 is 5.75. The molecule has 0 spiro atoms. The Balaban J connectivity index is 1.72. The molecular formula is C18H13ClN4O3. The van der Waals surface area contributed by atoms with Crippen LogP contribution in [0.1, 0.15) is 16.1 Å². The Hall–Kier alpha value is -3.32. The molecule has 0 aliphatic rings. The second-order valence-electron chi connectivity index (χ2n) is 5.37. The summed E-state index contributed by atoms with van der Waals surface area (Å²) in [5.41, 5.74) is 2.14. The molecule has 1 heterocycles. The molecular weight excluding hydrogens is 356 g/mol. The third-order valence-electron chi connectivity index (χ3n) is 3.63. The molecule has 0 radical (unpaired) electrons. The van der Waals surface area contributed by atoms with Crippen molar-refractivity contribution in [3.05, 3.63) is 87.3 Å². The number of nitro groups is 1. The Bertz CT molecular complexity index is 964. The highest BCUT2D eigenvalue weighted by molar-refractivity contribution is 6.32. The number of halogens is 1. The third-order valence-corrected chi connectivity index (χ3v) is 3.95. The van der Waals surface area contributed by atoms with Crippen LogP contribution in [-0.4, -0.2) is 20.8 Å². The molecule has 0 saturated heterocycles. The molecule has 0 unspecified atom stereocenters. The van der Waals surface area contributed by atoms with E-state index in [1.165, 1.54) is 18.5 Å². The predicted octanol–water partition coefficient (Wildman–Crippen LogP) is 3.64. The molecule has 1 aromatic heterocycles. The lowest BCUT2D eigenvalue weighted by Gasteiger charge is -2.07. The number of amides is 1. The first-order valence-electron chi connectivity index (χ1n) is 7.63. The summed E-state index contributed by atoms with van der Waals surface area (Å²) in [6.07, 6.45) is 1.43. The number of carbonyl (C=O) groups excluding carboxylic acids is 1. The molecule has 1 N–H and O–H groups in total. The van der Waals surface area contributed by atoms with Gasteiger partial charge in [-0.25, -0.2) is 9.97 Å². The Morgan fingerprint density at radius 1 is 1.12 bits per heavy atom. The van der Waals surface area contributed by atoms with Crippen molar-refractivity contribution in [3.63, 3.8) is 0 Å². The van der Waals surface area contributed by atoms with Crippen molar-refractivity contribution in [3.8, 4) is 11.3 Å². The zero-order valence-electron chi connectivity index (χ0n) is 13.4. The van der Waals surface area contributed by atoms with Gasteiger partial charge in [-0.05, 0) is 18.2 Å². The Labute approximate surface area is 153 Å². The van der Waals surface area contributed by atoms with Crippen LogP contribution in [0.4, 0.5) is 5.69 Å². The fourth-order valence-electron chi connectivity index (χ4n) is 2.33. The quantitative estimate of drug-likeness (QED) is 0.547. The van der Waals surface area contributed by atoms with Gasteiger partial charge in [-0.1, -0.05) is 41.9 Å². The lowest BCUT2D eigenvalue weighted by molar-refractivity contribution is -0.384. The lowest BCUT2D eigenvalue weighted by Crippen LogP contribution is -2.23. The van der Waals surface area contributed by atoms with Gasteiger partial charge in [0.2, 0.25) is 0 Å². The molecule has 0 saturated carbocycles. The molecule has 3 rings (SSSR count). The summed E-state index contributed by atoms with van der Waals surface area (Å²) < 4.78 is 0. The highest BCUT2D eigenvalue weighted by Crippen LogP contribution is 2.25. The molecule has 0 bridgehead atoms. The van der Waals surface area contributed by atoms with Crippen LogP contribution >= 0.6 is 11.6 Å². The van der Waals surface area contributed by atoms with Crippen LogP contribution in [0.5, 0.6) is 0 Å². The number of hydrogen-bond donors (Lipinski definition) is 1. The molecule has 3 aromatic rings. The van der Waals surface area contributed by atoms with E-state index in [0.717, 1.165) is 17.3 Å². The molecule has 2 aromatic carbocycles. The van der Waals surface area contributed by atoms with Gasteiger partial charge < -0.3 is 5.32 Å². The number of carbonyl (C=O) groups is 1. The van der Waals surface area contributed by atoms with Crippen molar-refractivity contribution in [2.75, 3.05) is 0 Å². The summed E-state index contributed by atoms with van der Waals surface area (Å²) in [6, 6.07) is 15.3. The van der Waals surface area contributed by atoms with Crippen LogP contribution in [0, 0.1) is 10.1 Å². The topological polar surface area (TPSA) is 98.0 Å². The van der Waals surface area contributed by atoms with Crippen LogP contribution in [0.2, 0.25) is 5.02 Å². The van der Waals surface area contributed by atoms with Gasteiger partial charge >= 0.3 is 0 Å². The predicted molar refractivity (Wildman–Crippen MR) is 96.7 cm³/mol. The average molecular weight is 369 g/mol. The number of hydrogen-bond acceptors (Lipinski definition) is 5.